The van der Waals surface area contributed by atoms with Gasteiger partial charge in [0.2, 0.25) is 0 Å². The molecule has 4 rings (SSSR count). The fraction of sp³-hybridized carbons (Fsp3) is 0.0588. The molecule has 4 nitrogen and oxygen atoms in total. The van der Waals surface area contributed by atoms with Crippen LogP contribution < -0.4 is 0 Å². The third-order valence-corrected chi connectivity index (χ3v) is 3.54. The molecule has 0 radical (unpaired) electrons. The third kappa shape index (κ3) is 1.92. The Bertz CT molecular complexity index is 892. The second-order valence-corrected chi connectivity index (χ2v) is 4.97. The van der Waals surface area contributed by atoms with Gasteiger partial charge in [-0.2, -0.15) is 0 Å². The average Bonchev–Trinajstić information content (AvgIpc) is 2.53. The minimum absolute atomic E-state index is 0.834. The maximum Gasteiger partial charge on any atom is 0.0988 e. The molecule has 0 spiro atoms. The molecule has 2 heterocycles. The van der Waals surface area contributed by atoms with Gasteiger partial charge in [-0.05, 0) is 18.6 Å². The van der Waals surface area contributed by atoms with E-state index in [1.165, 1.54) is 5.56 Å². The Kier molecular flexibility index (Phi) is 2.60. The van der Waals surface area contributed by atoms with Crippen molar-refractivity contribution in [1.82, 2.24) is 19.9 Å². The Labute approximate surface area is 121 Å². The molecule has 0 fully saturated rings. The zero-order valence-corrected chi connectivity index (χ0v) is 11.5. The smallest absolute Gasteiger partial charge is 0.0988 e. The first kappa shape index (κ1) is 11.9. The van der Waals surface area contributed by atoms with Crippen LogP contribution in [0.15, 0.2) is 55.1 Å². The zero-order valence-electron chi connectivity index (χ0n) is 11.5. The Balaban J connectivity index is 2.18. The molecule has 100 valence electrons. The number of nitrogens with zero attached hydrogens (tertiary/aromatic N) is 4. The van der Waals surface area contributed by atoms with Crippen LogP contribution in [-0.4, -0.2) is 19.9 Å². The first-order valence-corrected chi connectivity index (χ1v) is 6.74. The van der Waals surface area contributed by atoms with Gasteiger partial charge in [0.1, 0.15) is 0 Å². The summed E-state index contributed by atoms with van der Waals surface area (Å²) in [6.45, 7) is 2.07. The van der Waals surface area contributed by atoms with E-state index in [1.807, 2.05) is 6.07 Å². The quantitative estimate of drug-likeness (QED) is 0.497. The Morgan fingerprint density at radius 1 is 0.667 bits per heavy atom. The first-order valence-electron chi connectivity index (χ1n) is 6.74. The monoisotopic (exact) mass is 272 g/mol. The van der Waals surface area contributed by atoms with Crippen molar-refractivity contribution in [3.63, 3.8) is 0 Å². The van der Waals surface area contributed by atoms with Crippen LogP contribution in [0.5, 0.6) is 0 Å². The van der Waals surface area contributed by atoms with Crippen molar-refractivity contribution in [3.05, 3.63) is 60.7 Å². The molecule has 21 heavy (non-hydrogen) atoms. The van der Waals surface area contributed by atoms with E-state index < -0.39 is 0 Å². The molecule has 2 aromatic carbocycles. The predicted molar refractivity (Wildman–Crippen MR) is 82.8 cm³/mol. The Morgan fingerprint density at radius 2 is 1.19 bits per heavy atom. The van der Waals surface area contributed by atoms with Gasteiger partial charge in [-0.15, -0.1) is 0 Å². The van der Waals surface area contributed by atoms with E-state index >= 15 is 0 Å². The minimum Gasteiger partial charge on any atom is -0.253 e. The number of fused-ring (bicyclic) bond motifs is 2. The van der Waals surface area contributed by atoms with Crippen LogP contribution in [0.4, 0.5) is 0 Å². The highest BCUT2D eigenvalue weighted by Crippen LogP contribution is 2.32. The van der Waals surface area contributed by atoms with E-state index in [1.54, 1.807) is 24.8 Å². The zero-order chi connectivity index (χ0) is 14.2. The summed E-state index contributed by atoms with van der Waals surface area (Å²) in [6, 6.07) is 10.3. The molecule has 0 aliphatic carbocycles. The molecule has 0 amide bonds. The van der Waals surface area contributed by atoms with Gasteiger partial charge in [-0.1, -0.05) is 29.8 Å². The molecule has 0 bridgehead atoms. The lowest BCUT2D eigenvalue weighted by atomic mass is 10.0. The molecule has 0 N–H and O–H groups in total. The summed E-state index contributed by atoms with van der Waals surface area (Å²) in [6.07, 6.45) is 6.82. The number of aromatic nitrogens is 4. The van der Waals surface area contributed by atoms with Gasteiger partial charge < -0.3 is 0 Å². The standard InChI is InChI=1S/C17H12N4/c1-11-2-4-12(5-3-11)15-16-13(18-6-8-20-16)10-14-17(15)21-9-7-19-14/h2-10H,1H3. The molecule has 0 saturated carbocycles. The van der Waals surface area contributed by atoms with E-state index in [0.29, 0.717) is 0 Å². The van der Waals surface area contributed by atoms with Gasteiger partial charge in [-0.3, -0.25) is 19.9 Å². The van der Waals surface area contributed by atoms with E-state index in [0.717, 1.165) is 33.2 Å². The van der Waals surface area contributed by atoms with Crippen molar-refractivity contribution in [2.24, 2.45) is 0 Å². The van der Waals surface area contributed by atoms with Crippen molar-refractivity contribution >= 4 is 22.1 Å². The second kappa shape index (κ2) is 4.59. The van der Waals surface area contributed by atoms with E-state index in [2.05, 4.69) is 51.1 Å². The maximum atomic E-state index is 4.50. The molecule has 0 atom stereocenters. The minimum atomic E-state index is 0.834. The number of hydrogen-bond acceptors (Lipinski definition) is 4. The number of aryl methyl sites for hydroxylation is 1. The molecule has 0 unspecified atom stereocenters. The average molecular weight is 272 g/mol. The lowest BCUT2D eigenvalue weighted by Gasteiger charge is -2.09. The Morgan fingerprint density at radius 3 is 1.76 bits per heavy atom. The highest BCUT2D eigenvalue weighted by Gasteiger charge is 2.13. The van der Waals surface area contributed by atoms with Gasteiger partial charge in [0.05, 0.1) is 22.1 Å². The van der Waals surface area contributed by atoms with Gasteiger partial charge >= 0.3 is 0 Å². The molecular formula is C17H12N4. The highest BCUT2D eigenvalue weighted by atomic mass is 14.8. The number of rotatable bonds is 1. The maximum absolute atomic E-state index is 4.50. The van der Waals surface area contributed by atoms with E-state index in [9.17, 15) is 0 Å². The van der Waals surface area contributed by atoms with Crippen molar-refractivity contribution in [2.75, 3.05) is 0 Å². The summed E-state index contributed by atoms with van der Waals surface area (Å²) in [4.78, 5) is 17.8. The Hall–Kier alpha value is -2.88. The number of hydrogen-bond donors (Lipinski definition) is 0. The van der Waals surface area contributed by atoms with Crippen LogP contribution in [0.1, 0.15) is 5.56 Å². The highest BCUT2D eigenvalue weighted by molar-refractivity contribution is 6.07. The summed E-state index contributed by atoms with van der Waals surface area (Å²) < 4.78 is 0. The molecule has 0 saturated heterocycles. The number of benzene rings is 2. The topological polar surface area (TPSA) is 51.6 Å². The van der Waals surface area contributed by atoms with Gasteiger partial charge in [0.25, 0.3) is 0 Å². The lowest BCUT2D eigenvalue weighted by Crippen LogP contribution is -1.93. The molecular weight excluding hydrogens is 260 g/mol. The van der Waals surface area contributed by atoms with Crippen LogP contribution in [-0.2, 0) is 0 Å². The van der Waals surface area contributed by atoms with Crippen molar-refractivity contribution < 1.29 is 0 Å². The SMILES string of the molecule is Cc1ccc(-c2c3nccnc3cc3nccnc23)cc1. The largest absolute Gasteiger partial charge is 0.253 e. The van der Waals surface area contributed by atoms with Gasteiger partial charge in [0.15, 0.2) is 0 Å². The van der Waals surface area contributed by atoms with Crippen molar-refractivity contribution in [2.45, 2.75) is 6.92 Å². The molecule has 4 aromatic rings. The first-order chi connectivity index (χ1) is 10.3. The fourth-order valence-corrected chi connectivity index (χ4v) is 2.53. The summed E-state index contributed by atoms with van der Waals surface area (Å²) in [5.41, 5.74) is 6.67. The van der Waals surface area contributed by atoms with Crippen LogP contribution in [0.3, 0.4) is 0 Å². The van der Waals surface area contributed by atoms with E-state index in [4.69, 9.17) is 0 Å². The third-order valence-electron chi connectivity index (χ3n) is 3.54. The van der Waals surface area contributed by atoms with Crippen LogP contribution in [0.25, 0.3) is 33.2 Å². The lowest BCUT2D eigenvalue weighted by molar-refractivity contribution is 1.27. The molecule has 0 aliphatic rings. The van der Waals surface area contributed by atoms with Crippen LogP contribution >= 0.6 is 0 Å². The summed E-state index contributed by atoms with van der Waals surface area (Å²) in [5.74, 6) is 0. The van der Waals surface area contributed by atoms with Crippen molar-refractivity contribution in [3.8, 4) is 11.1 Å². The van der Waals surface area contributed by atoms with Crippen LogP contribution in [0.2, 0.25) is 0 Å². The molecule has 4 heteroatoms. The fourth-order valence-electron chi connectivity index (χ4n) is 2.53. The molecule has 2 aromatic heterocycles. The van der Waals surface area contributed by atoms with Crippen LogP contribution in [0, 0.1) is 6.92 Å². The summed E-state index contributed by atoms with van der Waals surface area (Å²) in [7, 11) is 0. The second-order valence-electron chi connectivity index (χ2n) is 4.97. The molecule has 0 aliphatic heterocycles. The summed E-state index contributed by atoms with van der Waals surface area (Å²) >= 11 is 0. The predicted octanol–water partition coefficient (Wildman–Crippen LogP) is 3.55. The van der Waals surface area contributed by atoms with E-state index in [-0.39, 0.29) is 0 Å². The van der Waals surface area contributed by atoms with Gasteiger partial charge in [0, 0.05) is 30.4 Å². The van der Waals surface area contributed by atoms with Crippen molar-refractivity contribution in [1.29, 1.82) is 0 Å². The summed E-state index contributed by atoms with van der Waals surface area (Å²) in [5, 5.41) is 0. The van der Waals surface area contributed by atoms with Gasteiger partial charge in [-0.25, -0.2) is 0 Å². The normalized spacial score (nSPS) is 11.1.